The average molecular weight is 461 g/mol. The second kappa shape index (κ2) is 8.87. The lowest BCUT2D eigenvalue weighted by molar-refractivity contribution is -0.137. The number of hydrogen-bond acceptors (Lipinski definition) is 3. The average Bonchev–Trinajstić information content (AvgIpc) is 2.78. The second-order valence-electron chi connectivity index (χ2n) is 7.80. The molecular formula is C26H18F3N3O2. The molecule has 170 valence electrons. The van der Waals surface area contributed by atoms with Crippen LogP contribution in [0, 0.1) is 25.7 Å². The highest BCUT2D eigenvalue weighted by atomic mass is 19.4. The van der Waals surface area contributed by atoms with E-state index in [1.165, 1.54) is 19.1 Å². The number of aromatic nitrogens is 2. The highest BCUT2D eigenvalue weighted by Gasteiger charge is 2.31. The Bertz CT molecular complexity index is 1540. The minimum atomic E-state index is -4.54. The molecule has 0 spiro atoms. The molecular weight excluding hydrogens is 443 g/mol. The third-order valence-corrected chi connectivity index (χ3v) is 5.08. The summed E-state index contributed by atoms with van der Waals surface area (Å²) < 4.78 is 39.3. The van der Waals surface area contributed by atoms with Gasteiger partial charge in [-0.2, -0.15) is 13.2 Å². The summed E-state index contributed by atoms with van der Waals surface area (Å²) in [4.78, 5) is 30.9. The zero-order valence-electron chi connectivity index (χ0n) is 18.2. The summed E-state index contributed by atoms with van der Waals surface area (Å²) in [6, 6.07) is 13.2. The van der Waals surface area contributed by atoms with Gasteiger partial charge in [-0.25, -0.2) is 4.98 Å². The molecule has 2 heterocycles. The van der Waals surface area contributed by atoms with Gasteiger partial charge in [0.2, 0.25) is 5.56 Å². The van der Waals surface area contributed by atoms with Gasteiger partial charge in [-0.3, -0.25) is 9.59 Å². The number of halogens is 3. The largest absolute Gasteiger partial charge is 0.416 e. The van der Waals surface area contributed by atoms with E-state index in [1.807, 2.05) is 6.92 Å². The first-order chi connectivity index (χ1) is 16.1. The van der Waals surface area contributed by atoms with Gasteiger partial charge in [-0.15, -0.1) is 0 Å². The maximum atomic E-state index is 13.1. The number of rotatable bonds is 2. The fourth-order valence-electron chi connectivity index (χ4n) is 3.36. The molecule has 2 N–H and O–H groups in total. The molecule has 0 bridgehead atoms. The lowest BCUT2D eigenvalue weighted by Gasteiger charge is -2.11. The van der Waals surface area contributed by atoms with E-state index in [0.717, 1.165) is 23.1 Å². The molecule has 5 nitrogen and oxygen atoms in total. The molecule has 2 aromatic heterocycles. The topological polar surface area (TPSA) is 74.8 Å². The minimum Gasteiger partial charge on any atom is -0.322 e. The molecule has 0 aliphatic heterocycles. The number of carbonyl (C=O) groups excluding carboxylic acids is 1. The van der Waals surface area contributed by atoms with E-state index in [0.29, 0.717) is 28.0 Å². The van der Waals surface area contributed by atoms with Gasteiger partial charge in [-0.05, 0) is 67.4 Å². The third-order valence-electron chi connectivity index (χ3n) is 5.08. The van der Waals surface area contributed by atoms with Crippen molar-refractivity contribution in [1.29, 1.82) is 0 Å². The number of fused-ring (bicyclic) bond motifs is 1. The quantitative estimate of drug-likeness (QED) is 0.403. The van der Waals surface area contributed by atoms with Crippen LogP contribution in [-0.4, -0.2) is 15.9 Å². The summed E-state index contributed by atoms with van der Waals surface area (Å²) in [7, 11) is 0. The van der Waals surface area contributed by atoms with Crippen LogP contribution in [0.5, 0.6) is 0 Å². The molecule has 0 aliphatic rings. The van der Waals surface area contributed by atoms with Gasteiger partial charge in [0.25, 0.3) is 5.91 Å². The number of nitrogens with one attached hydrogen (secondary N) is 2. The molecule has 0 saturated heterocycles. The van der Waals surface area contributed by atoms with Crippen molar-refractivity contribution in [1.82, 2.24) is 9.97 Å². The van der Waals surface area contributed by atoms with Crippen molar-refractivity contribution in [2.75, 3.05) is 5.32 Å². The van der Waals surface area contributed by atoms with Crippen molar-refractivity contribution in [2.45, 2.75) is 20.0 Å². The zero-order valence-corrected chi connectivity index (χ0v) is 18.2. The SMILES string of the molecule is Cc1cc(C(=O)Nc2ccc(C)c(C#Cc3cnc4[nH]c(=O)ccc4c3)c2)cc(C(F)(F)F)c1. The summed E-state index contributed by atoms with van der Waals surface area (Å²) in [6.07, 6.45) is -3.00. The van der Waals surface area contributed by atoms with E-state index in [2.05, 4.69) is 27.1 Å². The fraction of sp³-hybridized carbons (Fsp3) is 0.115. The van der Waals surface area contributed by atoms with Crippen LogP contribution in [0.25, 0.3) is 11.0 Å². The van der Waals surface area contributed by atoms with Crippen molar-refractivity contribution in [3.63, 3.8) is 0 Å². The van der Waals surface area contributed by atoms with Gasteiger partial charge >= 0.3 is 6.18 Å². The first kappa shape index (κ1) is 22.8. The van der Waals surface area contributed by atoms with Gasteiger partial charge < -0.3 is 10.3 Å². The monoisotopic (exact) mass is 461 g/mol. The molecule has 0 fully saturated rings. The van der Waals surface area contributed by atoms with Crippen LogP contribution in [0.3, 0.4) is 0 Å². The van der Waals surface area contributed by atoms with Crippen LogP contribution in [0.2, 0.25) is 0 Å². The number of nitrogens with zero attached hydrogens (tertiary/aromatic N) is 1. The van der Waals surface area contributed by atoms with E-state index in [-0.39, 0.29) is 11.1 Å². The van der Waals surface area contributed by atoms with Gasteiger partial charge in [0, 0.05) is 40.0 Å². The van der Waals surface area contributed by atoms with E-state index < -0.39 is 17.6 Å². The van der Waals surface area contributed by atoms with Gasteiger partial charge in [-0.1, -0.05) is 17.9 Å². The molecule has 0 unspecified atom stereocenters. The number of carbonyl (C=O) groups is 1. The molecule has 0 atom stereocenters. The molecule has 0 saturated carbocycles. The maximum absolute atomic E-state index is 13.1. The standard InChI is InChI=1S/C26H18F3N3O2/c1-15-9-20(12-21(10-15)26(27,28)29)25(34)31-22-7-3-16(2)18(13-22)5-4-17-11-19-6-8-23(33)32-24(19)30-14-17/h3,6-14H,1-2H3,(H,31,34)(H,30,32,33). The van der Waals surface area contributed by atoms with E-state index in [1.54, 1.807) is 36.5 Å². The van der Waals surface area contributed by atoms with Crippen molar-refractivity contribution in [2.24, 2.45) is 0 Å². The number of H-pyrrole nitrogens is 1. The molecule has 0 aliphatic carbocycles. The Morgan fingerprint density at radius 3 is 2.56 bits per heavy atom. The number of hydrogen-bond donors (Lipinski definition) is 2. The van der Waals surface area contributed by atoms with Crippen molar-refractivity contribution < 1.29 is 18.0 Å². The molecule has 4 aromatic rings. The lowest BCUT2D eigenvalue weighted by atomic mass is 10.0. The summed E-state index contributed by atoms with van der Waals surface area (Å²) in [5, 5.41) is 3.38. The number of pyridine rings is 2. The molecule has 1 amide bonds. The normalized spacial score (nSPS) is 11.1. The van der Waals surface area contributed by atoms with Crippen molar-refractivity contribution in [3.05, 3.63) is 105 Å². The van der Waals surface area contributed by atoms with Gasteiger partial charge in [0.1, 0.15) is 5.65 Å². The van der Waals surface area contributed by atoms with Crippen LogP contribution in [-0.2, 0) is 6.18 Å². The Labute approximate surface area is 192 Å². The smallest absolute Gasteiger partial charge is 0.322 e. The Hall–Kier alpha value is -4.38. The number of amides is 1. The number of alkyl halides is 3. The predicted octanol–water partition coefficient (Wildman–Crippen LogP) is 5.21. The molecule has 34 heavy (non-hydrogen) atoms. The first-order valence-corrected chi connectivity index (χ1v) is 10.2. The highest BCUT2D eigenvalue weighted by molar-refractivity contribution is 6.04. The maximum Gasteiger partial charge on any atom is 0.416 e. The van der Waals surface area contributed by atoms with Crippen LogP contribution in [0.4, 0.5) is 18.9 Å². The Morgan fingerprint density at radius 2 is 1.79 bits per heavy atom. The summed E-state index contributed by atoms with van der Waals surface area (Å²) in [5.74, 6) is 5.40. The molecule has 4 rings (SSSR count). The minimum absolute atomic E-state index is 0.0826. The Balaban J connectivity index is 1.59. The van der Waals surface area contributed by atoms with Crippen molar-refractivity contribution >= 4 is 22.6 Å². The molecule has 2 aromatic carbocycles. The van der Waals surface area contributed by atoms with Crippen LogP contribution < -0.4 is 10.9 Å². The fourth-order valence-corrected chi connectivity index (χ4v) is 3.36. The highest BCUT2D eigenvalue weighted by Crippen LogP contribution is 2.30. The number of benzene rings is 2. The summed E-state index contributed by atoms with van der Waals surface area (Å²) in [6.45, 7) is 3.36. The zero-order chi connectivity index (χ0) is 24.5. The van der Waals surface area contributed by atoms with E-state index >= 15 is 0 Å². The van der Waals surface area contributed by atoms with Gasteiger partial charge in [0.15, 0.2) is 0 Å². The number of aryl methyl sites for hydroxylation is 2. The van der Waals surface area contributed by atoms with Crippen LogP contribution in [0.1, 0.15) is 38.2 Å². The van der Waals surface area contributed by atoms with E-state index in [4.69, 9.17) is 0 Å². The molecule has 8 heteroatoms. The lowest BCUT2D eigenvalue weighted by Crippen LogP contribution is -2.14. The van der Waals surface area contributed by atoms with Crippen molar-refractivity contribution in [3.8, 4) is 11.8 Å². The Morgan fingerprint density at radius 1 is 1.00 bits per heavy atom. The summed E-state index contributed by atoms with van der Waals surface area (Å²) >= 11 is 0. The molecule has 0 radical (unpaired) electrons. The number of anilines is 1. The van der Waals surface area contributed by atoms with Crippen LogP contribution >= 0.6 is 0 Å². The summed E-state index contributed by atoms with van der Waals surface area (Å²) in [5.41, 5.74) is 2.14. The van der Waals surface area contributed by atoms with Crippen LogP contribution in [0.15, 0.2) is 65.6 Å². The number of aromatic amines is 1. The Kier molecular flexibility index (Phi) is 5.95. The second-order valence-corrected chi connectivity index (χ2v) is 7.80. The third kappa shape index (κ3) is 5.15. The van der Waals surface area contributed by atoms with E-state index in [9.17, 15) is 22.8 Å². The predicted molar refractivity (Wildman–Crippen MR) is 124 cm³/mol. The first-order valence-electron chi connectivity index (χ1n) is 10.2. The van der Waals surface area contributed by atoms with Gasteiger partial charge in [0.05, 0.1) is 5.56 Å².